The first-order valence-corrected chi connectivity index (χ1v) is 6.00. The van der Waals surface area contributed by atoms with Crippen LogP contribution in [0.15, 0.2) is 18.2 Å². The van der Waals surface area contributed by atoms with Gasteiger partial charge in [0.15, 0.2) is 11.5 Å². The third-order valence-corrected chi connectivity index (χ3v) is 2.71. The molecular formula is C13H18N2O3. The van der Waals surface area contributed by atoms with Gasteiger partial charge in [0.05, 0.1) is 5.56 Å². The van der Waals surface area contributed by atoms with Gasteiger partial charge in [-0.2, -0.15) is 0 Å². The van der Waals surface area contributed by atoms with Gasteiger partial charge in [0.1, 0.15) is 0 Å². The summed E-state index contributed by atoms with van der Waals surface area (Å²) >= 11 is 0. The number of hydrogen-bond donors (Lipinski definition) is 1. The Morgan fingerprint density at radius 1 is 1.39 bits per heavy atom. The van der Waals surface area contributed by atoms with Crippen molar-refractivity contribution in [2.45, 2.75) is 6.42 Å². The SMILES string of the molecule is CN(C)CCCNC(=O)c1cccc2c1OCO2. The van der Waals surface area contributed by atoms with E-state index in [-0.39, 0.29) is 12.7 Å². The summed E-state index contributed by atoms with van der Waals surface area (Å²) in [5.74, 6) is 1.06. The fraction of sp³-hybridized carbons (Fsp3) is 0.462. The lowest BCUT2D eigenvalue weighted by molar-refractivity contribution is 0.0947. The van der Waals surface area contributed by atoms with Crippen LogP contribution < -0.4 is 14.8 Å². The summed E-state index contributed by atoms with van der Waals surface area (Å²) in [6.45, 7) is 1.79. The minimum Gasteiger partial charge on any atom is -0.454 e. The molecular weight excluding hydrogens is 232 g/mol. The molecule has 98 valence electrons. The highest BCUT2D eigenvalue weighted by Gasteiger charge is 2.21. The summed E-state index contributed by atoms with van der Waals surface area (Å²) < 4.78 is 10.5. The molecule has 18 heavy (non-hydrogen) atoms. The van der Waals surface area contributed by atoms with E-state index in [1.54, 1.807) is 18.2 Å². The molecule has 0 unspecified atom stereocenters. The van der Waals surface area contributed by atoms with E-state index in [9.17, 15) is 4.79 Å². The highest BCUT2D eigenvalue weighted by Crippen LogP contribution is 2.35. The summed E-state index contributed by atoms with van der Waals surface area (Å²) in [6, 6.07) is 5.34. The topological polar surface area (TPSA) is 50.8 Å². The lowest BCUT2D eigenvalue weighted by Gasteiger charge is -2.10. The predicted molar refractivity (Wildman–Crippen MR) is 68.1 cm³/mol. The van der Waals surface area contributed by atoms with E-state index < -0.39 is 0 Å². The number of nitrogens with zero attached hydrogens (tertiary/aromatic N) is 1. The largest absolute Gasteiger partial charge is 0.454 e. The van der Waals surface area contributed by atoms with Gasteiger partial charge in [-0.15, -0.1) is 0 Å². The monoisotopic (exact) mass is 250 g/mol. The Bertz CT molecular complexity index is 432. The van der Waals surface area contributed by atoms with Gasteiger partial charge in [-0.05, 0) is 39.2 Å². The van der Waals surface area contributed by atoms with Crippen molar-refractivity contribution in [1.29, 1.82) is 0 Å². The van der Waals surface area contributed by atoms with Crippen molar-refractivity contribution >= 4 is 5.91 Å². The molecule has 0 atom stereocenters. The molecule has 0 spiro atoms. The molecule has 0 radical (unpaired) electrons. The molecule has 1 heterocycles. The van der Waals surface area contributed by atoms with Crippen LogP contribution in [-0.2, 0) is 0 Å². The second-order valence-corrected chi connectivity index (χ2v) is 4.45. The Kier molecular flexibility index (Phi) is 4.04. The first-order valence-electron chi connectivity index (χ1n) is 6.00. The van der Waals surface area contributed by atoms with Crippen molar-refractivity contribution in [3.63, 3.8) is 0 Å². The van der Waals surface area contributed by atoms with E-state index in [1.165, 1.54) is 0 Å². The van der Waals surface area contributed by atoms with E-state index in [1.807, 2.05) is 14.1 Å². The molecule has 5 nitrogen and oxygen atoms in total. The van der Waals surface area contributed by atoms with Crippen LogP contribution in [0.3, 0.4) is 0 Å². The standard InChI is InChI=1S/C13H18N2O3/c1-15(2)8-4-7-14-13(16)10-5-3-6-11-12(10)18-9-17-11/h3,5-6H,4,7-9H2,1-2H3,(H,14,16). The zero-order valence-corrected chi connectivity index (χ0v) is 10.7. The van der Waals surface area contributed by atoms with Crippen LogP contribution in [0.1, 0.15) is 16.8 Å². The maximum Gasteiger partial charge on any atom is 0.255 e. The molecule has 0 aromatic heterocycles. The minimum absolute atomic E-state index is 0.115. The number of amides is 1. The van der Waals surface area contributed by atoms with E-state index in [4.69, 9.17) is 9.47 Å². The van der Waals surface area contributed by atoms with Gasteiger partial charge in [0.2, 0.25) is 6.79 Å². The number of hydrogen-bond acceptors (Lipinski definition) is 4. The van der Waals surface area contributed by atoms with Crippen LogP contribution in [0, 0.1) is 0 Å². The minimum atomic E-state index is -0.115. The number of para-hydroxylation sites is 1. The Labute approximate surface area is 107 Å². The molecule has 0 saturated carbocycles. The molecule has 2 rings (SSSR count). The molecule has 0 aliphatic carbocycles. The normalized spacial score (nSPS) is 12.8. The van der Waals surface area contributed by atoms with Gasteiger partial charge in [0.25, 0.3) is 5.91 Å². The van der Waals surface area contributed by atoms with Gasteiger partial charge in [0, 0.05) is 6.54 Å². The number of nitrogens with one attached hydrogen (secondary N) is 1. The van der Waals surface area contributed by atoms with E-state index >= 15 is 0 Å². The highest BCUT2D eigenvalue weighted by molar-refractivity contribution is 5.97. The molecule has 0 fully saturated rings. The summed E-state index contributed by atoms with van der Waals surface area (Å²) in [7, 11) is 4.02. The van der Waals surface area contributed by atoms with Crippen LogP contribution in [-0.4, -0.2) is 44.8 Å². The zero-order chi connectivity index (χ0) is 13.0. The maximum atomic E-state index is 12.0. The first kappa shape index (κ1) is 12.7. The van der Waals surface area contributed by atoms with Gasteiger partial charge < -0.3 is 19.7 Å². The van der Waals surface area contributed by atoms with Crippen molar-refractivity contribution in [2.24, 2.45) is 0 Å². The van der Waals surface area contributed by atoms with Gasteiger partial charge in [-0.3, -0.25) is 4.79 Å². The molecule has 0 saturated heterocycles. The smallest absolute Gasteiger partial charge is 0.255 e. The van der Waals surface area contributed by atoms with Crippen LogP contribution >= 0.6 is 0 Å². The molecule has 1 aromatic carbocycles. The van der Waals surface area contributed by atoms with Crippen molar-refractivity contribution in [3.05, 3.63) is 23.8 Å². The average molecular weight is 250 g/mol. The quantitative estimate of drug-likeness (QED) is 0.795. The molecule has 1 amide bonds. The number of fused-ring (bicyclic) bond motifs is 1. The summed E-state index contributed by atoms with van der Waals surface area (Å²) in [5, 5.41) is 2.88. The van der Waals surface area contributed by atoms with Gasteiger partial charge >= 0.3 is 0 Å². The van der Waals surface area contributed by atoms with Crippen LogP contribution in [0.25, 0.3) is 0 Å². The molecule has 0 bridgehead atoms. The van der Waals surface area contributed by atoms with Crippen molar-refractivity contribution in [1.82, 2.24) is 10.2 Å². The maximum absolute atomic E-state index is 12.0. The van der Waals surface area contributed by atoms with Crippen molar-refractivity contribution in [2.75, 3.05) is 34.0 Å². The number of carbonyl (C=O) groups is 1. The zero-order valence-electron chi connectivity index (χ0n) is 10.7. The average Bonchev–Trinajstić information content (AvgIpc) is 2.82. The Hall–Kier alpha value is -1.75. The van der Waals surface area contributed by atoms with E-state index in [2.05, 4.69) is 10.2 Å². The van der Waals surface area contributed by atoms with Crippen molar-refractivity contribution < 1.29 is 14.3 Å². The van der Waals surface area contributed by atoms with Crippen molar-refractivity contribution in [3.8, 4) is 11.5 Å². The van der Waals surface area contributed by atoms with Gasteiger partial charge in [-0.25, -0.2) is 0 Å². The Morgan fingerprint density at radius 2 is 2.22 bits per heavy atom. The lowest BCUT2D eigenvalue weighted by Crippen LogP contribution is -2.27. The van der Waals surface area contributed by atoms with Gasteiger partial charge in [-0.1, -0.05) is 6.07 Å². The Morgan fingerprint density at radius 3 is 3.00 bits per heavy atom. The third kappa shape index (κ3) is 2.92. The second kappa shape index (κ2) is 5.73. The molecule has 1 aromatic rings. The van der Waals surface area contributed by atoms with E-state index in [0.717, 1.165) is 13.0 Å². The van der Waals surface area contributed by atoms with E-state index in [0.29, 0.717) is 23.6 Å². The van der Waals surface area contributed by atoms with Crippen LogP contribution in [0.5, 0.6) is 11.5 Å². The highest BCUT2D eigenvalue weighted by atomic mass is 16.7. The summed E-state index contributed by atoms with van der Waals surface area (Å²) in [5.41, 5.74) is 0.537. The predicted octanol–water partition coefficient (Wildman–Crippen LogP) is 1.10. The van der Waals surface area contributed by atoms with Crippen LogP contribution in [0.2, 0.25) is 0 Å². The first-order chi connectivity index (χ1) is 8.68. The number of ether oxygens (including phenoxy) is 2. The van der Waals surface area contributed by atoms with Crippen LogP contribution in [0.4, 0.5) is 0 Å². The number of benzene rings is 1. The molecule has 1 N–H and O–H groups in total. The fourth-order valence-corrected chi connectivity index (χ4v) is 1.80. The number of rotatable bonds is 5. The second-order valence-electron chi connectivity index (χ2n) is 4.45. The third-order valence-electron chi connectivity index (χ3n) is 2.71. The Balaban J connectivity index is 1.91. The molecule has 1 aliphatic rings. The number of carbonyl (C=O) groups excluding carboxylic acids is 1. The summed E-state index contributed by atoms with van der Waals surface area (Å²) in [6.07, 6.45) is 0.922. The summed E-state index contributed by atoms with van der Waals surface area (Å²) in [4.78, 5) is 14.1. The molecule has 1 aliphatic heterocycles. The fourth-order valence-electron chi connectivity index (χ4n) is 1.80. The molecule has 5 heteroatoms. The lowest BCUT2D eigenvalue weighted by atomic mass is 10.1.